The first-order chi connectivity index (χ1) is 12.9. The van der Waals surface area contributed by atoms with Crippen LogP contribution in [0.2, 0.25) is 0 Å². The van der Waals surface area contributed by atoms with Crippen molar-refractivity contribution >= 4 is 10.0 Å². The van der Waals surface area contributed by atoms with E-state index < -0.39 is 15.8 Å². The molecular formula is C17H23FN4O4S. The van der Waals surface area contributed by atoms with Gasteiger partial charge in [-0.2, -0.15) is 5.10 Å². The minimum Gasteiger partial charge on any atom is -0.494 e. The Morgan fingerprint density at radius 1 is 1.37 bits per heavy atom. The Morgan fingerprint density at radius 2 is 2.15 bits per heavy atom. The van der Waals surface area contributed by atoms with Crippen LogP contribution in [0.25, 0.3) is 0 Å². The molecule has 1 unspecified atom stereocenters. The van der Waals surface area contributed by atoms with E-state index in [1.807, 2.05) is 6.92 Å². The molecule has 0 amide bonds. The Bertz CT molecular complexity index is 983. The summed E-state index contributed by atoms with van der Waals surface area (Å²) >= 11 is 0. The second kappa shape index (κ2) is 7.81. The summed E-state index contributed by atoms with van der Waals surface area (Å²) in [6.45, 7) is 2.93. The molecule has 3 rings (SSSR count). The van der Waals surface area contributed by atoms with Gasteiger partial charge in [0.05, 0.1) is 12.0 Å². The monoisotopic (exact) mass is 398 g/mol. The van der Waals surface area contributed by atoms with Gasteiger partial charge < -0.3 is 4.74 Å². The summed E-state index contributed by atoms with van der Waals surface area (Å²) in [7, 11) is -2.57. The number of fused-ring (bicyclic) bond motifs is 1. The fourth-order valence-electron chi connectivity index (χ4n) is 3.21. The topological polar surface area (TPSA) is 95.2 Å². The van der Waals surface area contributed by atoms with Crippen LogP contribution in [0.5, 0.6) is 5.75 Å². The first-order valence-electron chi connectivity index (χ1n) is 8.88. The minimum absolute atomic E-state index is 0.0165. The molecule has 2 heterocycles. The SMILES string of the molecule is CCCn1nc2n(c1=O)CCC(NS(=O)(=O)c1ccc(OC)c(F)c1)CC2. The van der Waals surface area contributed by atoms with E-state index in [9.17, 15) is 17.6 Å². The third-order valence-electron chi connectivity index (χ3n) is 4.61. The van der Waals surface area contributed by atoms with Crippen molar-refractivity contribution in [3.05, 3.63) is 40.3 Å². The van der Waals surface area contributed by atoms with Gasteiger partial charge in [0, 0.05) is 25.6 Å². The third-order valence-corrected chi connectivity index (χ3v) is 6.13. The molecule has 8 nitrogen and oxygen atoms in total. The molecule has 0 aliphatic carbocycles. The molecule has 0 saturated carbocycles. The highest BCUT2D eigenvalue weighted by atomic mass is 32.2. The van der Waals surface area contributed by atoms with Crippen LogP contribution in [-0.2, 0) is 29.5 Å². The summed E-state index contributed by atoms with van der Waals surface area (Å²) in [6, 6.07) is 3.16. The van der Waals surface area contributed by atoms with Crippen LogP contribution in [0.1, 0.15) is 32.0 Å². The third kappa shape index (κ3) is 4.06. The van der Waals surface area contributed by atoms with Crippen LogP contribution < -0.4 is 15.1 Å². The molecule has 0 saturated heterocycles. The van der Waals surface area contributed by atoms with Gasteiger partial charge in [0.2, 0.25) is 10.0 Å². The molecule has 27 heavy (non-hydrogen) atoms. The fraction of sp³-hybridized carbons (Fsp3) is 0.529. The van der Waals surface area contributed by atoms with Crippen LogP contribution in [-0.4, -0.2) is 35.9 Å². The zero-order valence-electron chi connectivity index (χ0n) is 15.3. The van der Waals surface area contributed by atoms with Gasteiger partial charge in [-0.05, 0) is 37.5 Å². The molecule has 2 aromatic rings. The number of aromatic nitrogens is 3. The van der Waals surface area contributed by atoms with Gasteiger partial charge in [-0.25, -0.2) is 27.0 Å². The molecule has 0 radical (unpaired) electrons. The zero-order chi connectivity index (χ0) is 19.6. The average molecular weight is 398 g/mol. The van der Waals surface area contributed by atoms with E-state index in [0.29, 0.717) is 38.2 Å². The van der Waals surface area contributed by atoms with Crippen molar-refractivity contribution in [1.29, 1.82) is 0 Å². The average Bonchev–Trinajstić information content (AvgIpc) is 2.79. The van der Waals surface area contributed by atoms with Crippen molar-refractivity contribution in [1.82, 2.24) is 19.1 Å². The number of aryl methyl sites for hydroxylation is 2. The van der Waals surface area contributed by atoms with Gasteiger partial charge in [0.15, 0.2) is 11.6 Å². The van der Waals surface area contributed by atoms with Crippen LogP contribution in [0, 0.1) is 5.82 Å². The number of halogens is 1. The van der Waals surface area contributed by atoms with Gasteiger partial charge in [-0.15, -0.1) is 0 Å². The molecule has 10 heteroatoms. The summed E-state index contributed by atoms with van der Waals surface area (Å²) in [5, 5.41) is 4.35. The minimum atomic E-state index is -3.88. The van der Waals surface area contributed by atoms with Gasteiger partial charge >= 0.3 is 5.69 Å². The zero-order valence-corrected chi connectivity index (χ0v) is 16.1. The Kier molecular flexibility index (Phi) is 5.66. The van der Waals surface area contributed by atoms with Gasteiger partial charge in [-0.1, -0.05) is 6.92 Å². The lowest BCUT2D eigenvalue weighted by Gasteiger charge is -2.16. The molecule has 1 aromatic heterocycles. The smallest absolute Gasteiger partial charge is 0.345 e. The van der Waals surface area contributed by atoms with Crippen molar-refractivity contribution in [3.8, 4) is 5.75 Å². The summed E-state index contributed by atoms with van der Waals surface area (Å²) < 4.78 is 49.5. The fourth-order valence-corrected chi connectivity index (χ4v) is 4.52. The normalized spacial score (nSPS) is 17.4. The van der Waals surface area contributed by atoms with Crippen molar-refractivity contribution in [2.75, 3.05) is 7.11 Å². The second-order valence-corrected chi connectivity index (χ2v) is 8.23. The lowest BCUT2D eigenvalue weighted by molar-refractivity contribution is 0.385. The summed E-state index contributed by atoms with van der Waals surface area (Å²) in [4.78, 5) is 12.2. The largest absolute Gasteiger partial charge is 0.494 e. The Morgan fingerprint density at radius 3 is 2.81 bits per heavy atom. The Hall–Kier alpha value is -2.20. The maximum atomic E-state index is 13.8. The predicted octanol–water partition coefficient (Wildman–Crippen LogP) is 1.29. The highest BCUT2D eigenvalue weighted by Gasteiger charge is 2.25. The van der Waals surface area contributed by atoms with E-state index in [4.69, 9.17) is 4.74 Å². The van der Waals surface area contributed by atoms with E-state index in [0.717, 1.165) is 12.5 Å². The van der Waals surface area contributed by atoms with Crippen LogP contribution in [0.3, 0.4) is 0 Å². The van der Waals surface area contributed by atoms with Crippen molar-refractivity contribution in [2.45, 2.75) is 56.6 Å². The Balaban J connectivity index is 1.73. The van der Waals surface area contributed by atoms with Crippen molar-refractivity contribution in [2.24, 2.45) is 0 Å². The first-order valence-corrected chi connectivity index (χ1v) is 10.4. The number of sulfonamides is 1. The number of hydrogen-bond donors (Lipinski definition) is 1. The van der Waals surface area contributed by atoms with Crippen LogP contribution >= 0.6 is 0 Å². The quantitative estimate of drug-likeness (QED) is 0.791. The number of hydrogen-bond acceptors (Lipinski definition) is 5. The lowest BCUT2D eigenvalue weighted by atomic mass is 10.1. The highest BCUT2D eigenvalue weighted by molar-refractivity contribution is 7.89. The molecule has 0 bridgehead atoms. The summed E-state index contributed by atoms with van der Waals surface area (Å²) in [5.74, 6) is -0.0827. The standard InChI is InChI=1S/C17H23FN4O4S/c1-3-9-22-17(23)21-10-8-12(4-7-16(21)19-22)20-27(24,25)13-5-6-15(26-2)14(18)11-13/h5-6,11-12,20H,3-4,7-10H2,1-2H3. The molecule has 0 fully saturated rings. The maximum absolute atomic E-state index is 13.8. The molecule has 1 aromatic carbocycles. The lowest BCUT2D eigenvalue weighted by Crippen LogP contribution is -2.35. The Labute approximate surface area is 157 Å². The van der Waals surface area contributed by atoms with Gasteiger partial charge in [0.25, 0.3) is 0 Å². The molecule has 1 N–H and O–H groups in total. The molecule has 1 aliphatic heterocycles. The van der Waals surface area contributed by atoms with E-state index in [2.05, 4.69) is 9.82 Å². The number of methoxy groups -OCH3 is 1. The highest BCUT2D eigenvalue weighted by Crippen LogP contribution is 2.22. The van der Waals surface area contributed by atoms with Crippen LogP contribution in [0.4, 0.5) is 4.39 Å². The van der Waals surface area contributed by atoms with E-state index in [-0.39, 0.29) is 22.4 Å². The van der Waals surface area contributed by atoms with E-state index in [1.54, 1.807) is 4.57 Å². The number of nitrogens with zero attached hydrogens (tertiary/aromatic N) is 3. The molecule has 1 aliphatic rings. The molecular weight excluding hydrogens is 375 g/mol. The molecule has 1 atom stereocenters. The maximum Gasteiger partial charge on any atom is 0.345 e. The molecule has 148 valence electrons. The summed E-state index contributed by atoms with van der Waals surface area (Å²) in [5.41, 5.74) is -0.160. The number of benzene rings is 1. The molecule has 0 spiro atoms. The van der Waals surface area contributed by atoms with E-state index >= 15 is 0 Å². The number of ether oxygens (including phenoxy) is 1. The first kappa shape index (κ1) is 19.6. The summed E-state index contributed by atoms with van der Waals surface area (Å²) in [6.07, 6.45) is 2.29. The number of rotatable bonds is 6. The predicted molar refractivity (Wildman–Crippen MR) is 96.8 cm³/mol. The van der Waals surface area contributed by atoms with Crippen molar-refractivity contribution < 1.29 is 17.5 Å². The van der Waals surface area contributed by atoms with Gasteiger partial charge in [0.1, 0.15) is 5.82 Å². The number of nitrogens with one attached hydrogen (secondary N) is 1. The van der Waals surface area contributed by atoms with E-state index in [1.165, 1.54) is 23.9 Å². The second-order valence-electron chi connectivity index (χ2n) is 6.52. The van der Waals surface area contributed by atoms with Crippen molar-refractivity contribution in [3.63, 3.8) is 0 Å². The van der Waals surface area contributed by atoms with Gasteiger partial charge in [-0.3, -0.25) is 4.57 Å². The van der Waals surface area contributed by atoms with Crippen LogP contribution in [0.15, 0.2) is 27.9 Å².